The third-order valence-electron chi connectivity index (χ3n) is 6.10. The van der Waals surface area contributed by atoms with Crippen LogP contribution in [0, 0.1) is 0 Å². The topological polar surface area (TPSA) is 195 Å². The third-order valence-corrected chi connectivity index (χ3v) is 7.14. The first-order valence-corrected chi connectivity index (χ1v) is 14.3. The van der Waals surface area contributed by atoms with E-state index in [0.29, 0.717) is 11.4 Å². The van der Waals surface area contributed by atoms with Crippen LogP contribution in [0.2, 0.25) is 0 Å². The van der Waals surface area contributed by atoms with E-state index in [4.69, 9.17) is 5.73 Å². The van der Waals surface area contributed by atoms with Crippen molar-refractivity contribution in [2.45, 2.75) is 43.4 Å². The summed E-state index contributed by atoms with van der Waals surface area (Å²) in [6, 6.07) is 3.25. The molecule has 39 heavy (non-hydrogen) atoms. The maximum absolute atomic E-state index is 13.6. The zero-order valence-electron chi connectivity index (χ0n) is 21.3. The minimum absolute atomic E-state index is 0.0242. The quantitative estimate of drug-likeness (QED) is 0.118. The molecule has 0 bridgehead atoms. The first kappa shape index (κ1) is 30.1. The number of amides is 3. The van der Waals surface area contributed by atoms with Gasteiger partial charge in [-0.15, -0.1) is 0 Å². The number of carboxylic acid groups (broad SMARTS) is 1. The van der Waals surface area contributed by atoms with E-state index < -0.39 is 47.9 Å². The SMILES string of the molecule is CSCCC(NC(=O)C(Cc1cnc[nH]1)NC(=O)C(Cc1c[nH]c2ccccc12)NC(=O)C(N)CS)C(=O)O. The number of hydrogen-bond donors (Lipinski definition) is 8. The summed E-state index contributed by atoms with van der Waals surface area (Å²) < 4.78 is 0. The van der Waals surface area contributed by atoms with Crippen LogP contribution >= 0.6 is 24.4 Å². The van der Waals surface area contributed by atoms with Crippen molar-refractivity contribution in [3.05, 3.63) is 54.2 Å². The van der Waals surface area contributed by atoms with Crippen LogP contribution in [-0.4, -0.2) is 85.7 Å². The highest BCUT2D eigenvalue weighted by Crippen LogP contribution is 2.19. The maximum atomic E-state index is 13.6. The van der Waals surface area contributed by atoms with Gasteiger partial charge in [0.15, 0.2) is 0 Å². The van der Waals surface area contributed by atoms with Gasteiger partial charge in [-0.1, -0.05) is 18.2 Å². The van der Waals surface area contributed by atoms with Crippen LogP contribution in [0.3, 0.4) is 0 Å². The molecule has 0 radical (unpaired) electrons. The molecule has 210 valence electrons. The number of carboxylic acids is 1. The van der Waals surface area contributed by atoms with Crippen LogP contribution in [0.4, 0.5) is 0 Å². The Labute approximate surface area is 235 Å². The molecule has 4 atom stereocenters. The van der Waals surface area contributed by atoms with Gasteiger partial charge in [0, 0.05) is 47.6 Å². The molecular weight excluding hydrogens is 542 g/mol. The zero-order valence-corrected chi connectivity index (χ0v) is 23.1. The second-order valence-electron chi connectivity index (χ2n) is 8.94. The van der Waals surface area contributed by atoms with Gasteiger partial charge in [-0.05, 0) is 30.1 Å². The number of nitrogens with two attached hydrogens (primary N) is 1. The van der Waals surface area contributed by atoms with Crippen molar-refractivity contribution in [3.63, 3.8) is 0 Å². The lowest BCUT2D eigenvalue weighted by Crippen LogP contribution is -2.58. The summed E-state index contributed by atoms with van der Waals surface area (Å²) in [6.07, 6.45) is 6.89. The number of carbonyl (C=O) groups excluding carboxylic acids is 3. The lowest BCUT2D eigenvalue weighted by atomic mass is 10.0. The van der Waals surface area contributed by atoms with Crippen molar-refractivity contribution >= 4 is 59.0 Å². The van der Waals surface area contributed by atoms with E-state index in [0.717, 1.165) is 16.5 Å². The summed E-state index contributed by atoms with van der Waals surface area (Å²) in [5.74, 6) is -2.44. The van der Waals surface area contributed by atoms with Crippen molar-refractivity contribution in [1.29, 1.82) is 0 Å². The van der Waals surface area contributed by atoms with E-state index in [-0.39, 0.29) is 25.0 Å². The maximum Gasteiger partial charge on any atom is 0.326 e. The molecule has 0 spiro atoms. The van der Waals surface area contributed by atoms with Gasteiger partial charge in [0.05, 0.1) is 12.4 Å². The van der Waals surface area contributed by atoms with Gasteiger partial charge >= 0.3 is 5.97 Å². The lowest BCUT2D eigenvalue weighted by molar-refractivity contribution is -0.142. The molecule has 0 saturated carbocycles. The Kier molecular flexibility index (Phi) is 11.3. The Morgan fingerprint density at radius 2 is 1.69 bits per heavy atom. The number of aromatic nitrogens is 3. The molecule has 12 nitrogen and oxygen atoms in total. The van der Waals surface area contributed by atoms with Crippen LogP contribution in [0.1, 0.15) is 17.7 Å². The van der Waals surface area contributed by atoms with Crippen molar-refractivity contribution < 1.29 is 24.3 Å². The van der Waals surface area contributed by atoms with Gasteiger partial charge in [0.25, 0.3) is 0 Å². The van der Waals surface area contributed by atoms with E-state index in [1.165, 1.54) is 24.3 Å². The smallest absolute Gasteiger partial charge is 0.326 e. The molecule has 4 unspecified atom stereocenters. The molecule has 0 fully saturated rings. The Balaban J connectivity index is 1.85. The van der Waals surface area contributed by atoms with Crippen LogP contribution in [-0.2, 0) is 32.0 Å². The summed E-state index contributed by atoms with van der Waals surface area (Å²) in [5, 5.41) is 18.3. The monoisotopic (exact) mass is 575 g/mol. The first-order valence-electron chi connectivity index (χ1n) is 12.2. The van der Waals surface area contributed by atoms with E-state index in [1.54, 1.807) is 6.20 Å². The average Bonchev–Trinajstić information content (AvgIpc) is 3.59. The lowest BCUT2D eigenvalue weighted by Gasteiger charge is -2.25. The number of fused-ring (bicyclic) bond motifs is 1. The van der Waals surface area contributed by atoms with Crippen LogP contribution in [0.25, 0.3) is 10.9 Å². The van der Waals surface area contributed by atoms with Crippen LogP contribution in [0.15, 0.2) is 43.0 Å². The molecule has 3 aromatic rings. The number of carbonyl (C=O) groups is 4. The van der Waals surface area contributed by atoms with Gasteiger partial charge < -0.3 is 36.8 Å². The minimum Gasteiger partial charge on any atom is -0.480 e. The molecule has 2 aromatic heterocycles. The summed E-state index contributed by atoms with van der Waals surface area (Å²) in [5.41, 5.74) is 8.04. The minimum atomic E-state index is -1.17. The molecule has 14 heteroatoms. The fourth-order valence-corrected chi connectivity index (χ4v) is 4.59. The highest BCUT2D eigenvalue weighted by atomic mass is 32.2. The molecule has 0 aliphatic carbocycles. The molecule has 2 heterocycles. The fraction of sp³-hybridized carbons (Fsp3) is 0.400. The number of nitrogens with zero attached hydrogens (tertiary/aromatic N) is 1. The van der Waals surface area contributed by atoms with Crippen molar-refractivity contribution in [3.8, 4) is 0 Å². The fourth-order valence-electron chi connectivity index (χ4n) is 3.95. The molecule has 1 aromatic carbocycles. The number of aliphatic carboxylic acids is 1. The number of nitrogens with one attached hydrogen (secondary N) is 5. The zero-order chi connectivity index (χ0) is 28.4. The summed E-state index contributed by atoms with van der Waals surface area (Å²) >= 11 is 5.52. The van der Waals surface area contributed by atoms with Crippen molar-refractivity contribution in [2.75, 3.05) is 17.8 Å². The average molecular weight is 576 g/mol. The van der Waals surface area contributed by atoms with E-state index in [9.17, 15) is 24.3 Å². The van der Waals surface area contributed by atoms with Crippen LogP contribution < -0.4 is 21.7 Å². The number of thiol groups is 1. The van der Waals surface area contributed by atoms with E-state index in [2.05, 4.69) is 43.5 Å². The summed E-state index contributed by atoms with van der Waals surface area (Å²) in [7, 11) is 0. The van der Waals surface area contributed by atoms with Gasteiger partial charge in [-0.3, -0.25) is 14.4 Å². The molecule has 3 rings (SSSR count). The standard InChI is InChI=1S/C25H33N7O5S2/c1-39-7-6-19(25(36)37)30-24(35)21(9-15-11-27-13-29-15)32-23(34)20(31-22(33)17(26)12-38)8-14-10-28-18-5-3-2-4-16(14)18/h2-5,10-11,13,17,19-21,28,38H,6-9,12,26H2,1H3,(H,27,29)(H,30,35)(H,31,33)(H,32,34)(H,36,37). The number of aromatic amines is 2. The number of rotatable bonds is 15. The number of hydrogen-bond acceptors (Lipinski definition) is 8. The summed E-state index contributed by atoms with van der Waals surface area (Å²) in [4.78, 5) is 61.1. The largest absolute Gasteiger partial charge is 0.480 e. The number of thioether (sulfide) groups is 1. The predicted octanol–water partition coefficient (Wildman–Crippen LogP) is 0.225. The predicted molar refractivity (Wildman–Crippen MR) is 153 cm³/mol. The van der Waals surface area contributed by atoms with Gasteiger partial charge in [0.2, 0.25) is 17.7 Å². The van der Waals surface area contributed by atoms with E-state index >= 15 is 0 Å². The van der Waals surface area contributed by atoms with Crippen molar-refractivity contribution in [1.82, 2.24) is 30.9 Å². The summed E-state index contributed by atoms with van der Waals surface area (Å²) in [6.45, 7) is 0. The Morgan fingerprint density at radius 3 is 2.33 bits per heavy atom. The molecule has 0 aliphatic heterocycles. The Morgan fingerprint density at radius 1 is 1.03 bits per heavy atom. The number of benzene rings is 1. The second-order valence-corrected chi connectivity index (χ2v) is 10.3. The Bertz CT molecular complexity index is 1270. The first-order chi connectivity index (χ1) is 18.7. The molecule has 3 amide bonds. The van der Waals surface area contributed by atoms with Gasteiger partial charge in [-0.25, -0.2) is 9.78 Å². The molecular formula is C25H33N7O5S2. The third kappa shape index (κ3) is 8.50. The number of para-hydroxylation sites is 1. The Hall–Kier alpha value is -3.49. The highest BCUT2D eigenvalue weighted by molar-refractivity contribution is 7.98. The molecule has 0 aliphatic rings. The van der Waals surface area contributed by atoms with Crippen LogP contribution in [0.5, 0.6) is 0 Å². The second kappa shape index (κ2) is 14.6. The molecule has 0 saturated heterocycles. The van der Waals surface area contributed by atoms with Crippen molar-refractivity contribution in [2.24, 2.45) is 5.73 Å². The van der Waals surface area contributed by atoms with E-state index in [1.807, 2.05) is 30.5 Å². The van der Waals surface area contributed by atoms with Gasteiger partial charge in [0.1, 0.15) is 18.1 Å². The highest BCUT2D eigenvalue weighted by Gasteiger charge is 2.31. The normalized spacial score (nSPS) is 14.2. The number of imidazole rings is 1. The number of H-pyrrole nitrogens is 2. The molecule has 8 N–H and O–H groups in total. The van der Waals surface area contributed by atoms with Gasteiger partial charge in [-0.2, -0.15) is 24.4 Å².